The van der Waals surface area contributed by atoms with Crippen LogP contribution in [-0.2, 0) is 4.79 Å². The number of carbonyl (C=O) groups is 1. The maximum atomic E-state index is 11.9. The van der Waals surface area contributed by atoms with Crippen LogP contribution in [-0.4, -0.2) is 24.5 Å². The number of halogens is 1. The molecule has 0 radical (unpaired) electrons. The Hall–Kier alpha value is -1.23. The highest BCUT2D eigenvalue weighted by atomic mass is 79.9. The molecule has 0 fully saturated rings. The van der Waals surface area contributed by atoms with Crippen LogP contribution in [0.3, 0.4) is 0 Å². The van der Waals surface area contributed by atoms with E-state index >= 15 is 0 Å². The standard InChI is InChI=1S/C14H20BrNO3/c1-5-19-12-8-10(6-7-11(12)18-4)16-14(17)13(15)9(2)3/h6-9,13H,5H2,1-4H3,(H,16,17). The van der Waals surface area contributed by atoms with E-state index in [0.717, 1.165) is 0 Å². The molecule has 0 spiro atoms. The molecule has 4 nitrogen and oxygen atoms in total. The first kappa shape index (κ1) is 15.8. The lowest BCUT2D eigenvalue weighted by Crippen LogP contribution is -2.26. The highest BCUT2D eigenvalue weighted by molar-refractivity contribution is 9.10. The van der Waals surface area contributed by atoms with E-state index in [4.69, 9.17) is 9.47 Å². The normalized spacial score (nSPS) is 12.1. The molecule has 1 atom stereocenters. The molecule has 1 unspecified atom stereocenters. The van der Waals surface area contributed by atoms with Crippen molar-refractivity contribution in [3.05, 3.63) is 18.2 Å². The Morgan fingerprint density at radius 3 is 2.58 bits per heavy atom. The van der Waals surface area contributed by atoms with E-state index < -0.39 is 0 Å². The van der Waals surface area contributed by atoms with Crippen molar-refractivity contribution in [3.8, 4) is 11.5 Å². The van der Waals surface area contributed by atoms with E-state index in [1.807, 2.05) is 20.8 Å². The summed E-state index contributed by atoms with van der Waals surface area (Å²) < 4.78 is 10.7. The maximum absolute atomic E-state index is 11.9. The van der Waals surface area contributed by atoms with Crippen LogP contribution < -0.4 is 14.8 Å². The number of carbonyl (C=O) groups excluding carboxylic acids is 1. The molecular formula is C14H20BrNO3. The summed E-state index contributed by atoms with van der Waals surface area (Å²) in [4.78, 5) is 11.7. The van der Waals surface area contributed by atoms with Crippen LogP contribution in [0.1, 0.15) is 20.8 Å². The van der Waals surface area contributed by atoms with Gasteiger partial charge in [0.2, 0.25) is 5.91 Å². The van der Waals surface area contributed by atoms with Crippen molar-refractivity contribution in [1.29, 1.82) is 0 Å². The fraction of sp³-hybridized carbons (Fsp3) is 0.500. The monoisotopic (exact) mass is 329 g/mol. The van der Waals surface area contributed by atoms with Gasteiger partial charge in [-0.05, 0) is 25.0 Å². The van der Waals surface area contributed by atoms with Crippen molar-refractivity contribution < 1.29 is 14.3 Å². The average Bonchev–Trinajstić information content (AvgIpc) is 2.38. The lowest BCUT2D eigenvalue weighted by Gasteiger charge is -2.15. The van der Waals surface area contributed by atoms with Crippen LogP contribution in [0.5, 0.6) is 11.5 Å². The van der Waals surface area contributed by atoms with Crippen molar-refractivity contribution in [3.63, 3.8) is 0 Å². The minimum atomic E-state index is -0.217. The third-order valence-electron chi connectivity index (χ3n) is 2.57. The summed E-state index contributed by atoms with van der Waals surface area (Å²) in [6.07, 6.45) is 0. The van der Waals surface area contributed by atoms with Crippen LogP contribution >= 0.6 is 15.9 Å². The fourth-order valence-corrected chi connectivity index (χ4v) is 1.65. The average molecular weight is 330 g/mol. The molecule has 0 aliphatic carbocycles. The molecule has 0 saturated carbocycles. The lowest BCUT2D eigenvalue weighted by molar-refractivity contribution is -0.116. The lowest BCUT2D eigenvalue weighted by atomic mass is 10.1. The first-order chi connectivity index (χ1) is 8.99. The molecule has 0 aliphatic heterocycles. The van der Waals surface area contributed by atoms with E-state index in [9.17, 15) is 4.79 Å². The van der Waals surface area contributed by atoms with E-state index in [1.54, 1.807) is 25.3 Å². The molecular weight excluding hydrogens is 310 g/mol. The first-order valence-corrected chi connectivity index (χ1v) is 7.17. The number of anilines is 1. The SMILES string of the molecule is CCOc1cc(NC(=O)C(Br)C(C)C)ccc1OC. The Kier molecular flexibility index (Phi) is 6.15. The van der Waals surface area contributed by atoms with Gasteiger partial charge in [-0.15, -0.1) is 0 Å². The predicted molar refractivity (Wildman–Crippen MR) is 80.3 cm³/mol. The third-order valence-corrected chi connectivity index (χ3v) is 4.04. The van der Waals surface area contributed by atoms with Gasteiger partial charge in [0.1, 0.15) is 0 Å². The van der Waals surface area contributed by atoms with Crippen LogP contribution in [0, 0.1) is 5.92 Å². The Labute approximate surface area is 122 Å². The van der Waals surface area contributed by atoms with Gasteiger partial charge in [-0.2, -0.15) is 0 Å². The molecule has 0 aliphatic rings. The number of ether oxygens (including phenoxy) is 2. The maximum Gasteiger partial charge on any atom is 0.238 e. The number of nitrogens with one attached hydrogen (secondary N) is 1. The molecule has 5 heteroatoms. The van der Waals surface area contributed by atoms with Crippen LogP contribution in [0.25, 0.3) is 0 Å². The third kappa shape index (κ3) is 4.42. The van der Waals surface area contributed by atoms with Crippen LogP contribution in [0.2, 0.25) is 0 Å². The molecule has 1 aromatic rings. The van der Waals surface area contributed by atoms with Gasteiger partial charge in [-0.25, -0.2) is 0 Å². The largest absolute Gasteiger partial charge is 0.493 e. The summed E-state index contributed by atoms with van der Waals surface area (Å²) in [6.45, 7) is 6.41. The molecule has 0 bridgehead atoms. The number of hydrogen-bond donors (Lipinski definition) is 1. The number of benzene rings is 1. The van der Waals surface area contributed by atoms with Crippen molar-refractivity contribution in [2.45, 2.75) is 25.6 Å². The van der Waals surface area contributed by atoms with Crippen molar-refractivity contribution >= 4 is 27.5 Å². The van der Waals surface area contributed by atoms with Gasteiger partial charge in [-0.1, -0.05) is 29.8 Å². The summed E-state index contributed by atoms with van der Waals surface area (Å²) in [7, 11) is 1.59. The summed E-state index contributed by atoms with van der Waals surface area (Å²) in [5.41, 5.74) is 0.694. The molecule has 1 aromatic carbocycles. The second-order valence-electron chi connectivity index (χ2n) is 4.43. The van der Waals surface area contributed by atoms with E-state index in [-0.39, 0.29) is 16.7 Å². The van der Waals surface area contributed by atoms with Crippen molar-refractivity contribution in [2.75, 3.05) is 19.0 Å². The Morgan fingerprint density at radius 2 is 2.05 bits per heavy atom. The highest BCUT2D eigenvalue weighted by Gasteiger charge is 2.19. The van der Waals surface area contributed by atoms with E-state index in [1.165, 1.54) is 0 Å². The van der Waals surface area contributed by atoms with Gasteiger partial charge in [0.05, 0.1) is 18.5 Å². The molecule has 0 aromatic heterocycles. The summed E-state index contributed by atoms with van der Waals surface area (Å²) >= 11 is 3.37. The van der Waals surface area contributed by atoms with E-state index in [2.05, 4.69) is 21.2 Å². The number of rotatable bonds is 6. The molecule has 0 saturated heterocycles. The van der Waals surface area contributed by atoms with Gasteiger partial charge in [0, 0.05) is 11.8 Å². The highest BCUT2D eigenvalue weighted by Crippen LogP contribution is 2.30. The second kappa shape index (κ2) is 7.38. The van der Waals surface area contributed by atoms with Crippen molar-refractivity contribution in [2.24, 2.45) is 5.92 Å². The Morgan fingerprint density at radius 1 is 1.37 bits per heavy atom. The quantitative estimate of drug-likeness (QED) is 0.813. The zero-order valence-electron chi connectivity index (χ0n) is 11.7. The first-order valence-electron chi connectivity index (χ1n) is 6.25. The van der Waals surface area contributed by atoms with Gasteiger partial charge in [-0.3, -0.25) is 4.79 Å². The Bertz CT molecular complexity index is 435. The molecule has 106 valence electrons. The minimum Gasteiger partial charge on any atom is -0.493 e. The molecule has 0 heterocycles. The number of alkyl halides is 1. The molecule has 1 rings (SSSR count). The zero-order chi connectivity index (χ0) is 14.4. The summed E-state index contributed by atoms with van der Waals surface area (Å²) in [5, 5.41) is 2.85. The van der Waals surface area contributed by atoms with E-state index in [0.29, 0.717) is 23.8 Å². The number of methoxy groups -OCH3 is 1. The fourth-order valence-electron chi connectivity index (χ4n) is 1.54. The zero-order valence-corrected chi connectivity index (χ0v) is 13.3. The van der Waals surface area contributed by atoms with Crippen molar-refractivity contribution in [1.82, 2.24) is 0 Å². The summed E-state index contributed by atoms with van der Waals surface area (Å²) in [5.74, 6) is 1.43. The van der Waals surface area contributed by atoms with Gasteiger partial charge < -0.3 is 14.8 Å². The minimum absolute atomic E-state index is 0.0670. The van der Waals surface area contributed by atoms with Crippen LogP contribution in [0.4, 0.5) is 5.69 Å². The predicted octanol–water partition coefficient (Wildman–Crippen LogP) is 3.45. The second-order valence-corrected chi connectivity index (χ2v) is 5.42. The molecule has 1 amide bonds. The smallest absolute Gasteiger partial charge is 0.238 e. The number of hydrogen-bond acceptors (Lipinski definition) is 3. The van der Waals surface area contributed by atoms with Gasteiger partial charge in [0.25, 0.3) is 0 Å². The number of amides is 1. The topological polar surface area (TPSA) is 47.6 Å². The van der Waals surface area contributed by atoms with Gasteiger partial charge in [0.15, 0.2) is 11.5 Å². The summed E-state index contributed by atoms with van der Waals surface area (Å²) in [6, 6.07) is 5.33. The Balaban J connectivity index is 2.84. The molecule has 19 heavy (non-hydrogen) atoms. The van der Waals surface area contributed by atoms with Gasteiger partial charge >= 0.3 is 0 Å². The molecule has 1 N–H and O–H groups in total. The van der Waals surface area contributed by atoms with Crippen LogP contribution in [0.15, 0.2) is 18.2 Å².